The second kappa shape index (κ2) is 8.54. The molecule has 3 rings (SSSR count). The Hall–Kier alpha value is -2.08. The first-order chi connectivity index (χ1) is 12.6. The molecule has 0 aliphatic carbocycles. The van der Waals surface area contributed by atoms with Gasteiger partial charge in [0.15, 0.2) is 0 Å². The number of benzene rings is 2. The van der Waals surface area contributed by atoms with Crippen LogP contribution in [0.2, 0.25) is 5.02 Å². The van der Waals surface area contributed by atoms with Crippen LogP contribution in [0.25, 0.3) is 0 Å². The van der Waals surface area contributed by atoms with E-state index in [9.17, 15) is 4.79 Å². The molecule has 0 saturated carbocycles. The minimum absolute atomic E-state index is 0.000576. The van der Waals surface area contributed by atoms with E-state index in [1.807, 2.05) is 42.5 Å². The van der Waals surface area contributed by atoms with Gasteiger partial charge in [-0.25, -0.2) is 0 Å². The van der Waals surface area contributed by atoms with Crippen molar-refractivity contribution in [3.8, 4) is 11.5 Å². The third kappa shape index (κ3) is 4.36. The molecule has 0 bridgehead atoms. The summed E-state index contributed by atoms with van der Waals surface area (Å²) in [5.74, 6) is 1.25. The van der Waals surface area contributed by atoms with Crippen LogP contribution in [0.1, 0.15) is 12.8 Å². The van der Waals surface area contributed by atoms with Crippen LogP contribution < -0.4 is 15.4 Å². The summed E-state index contributed by atoms with van der Waals surface area (Å²) in [6.07, 6.45) is 1.53. The predicted octanol–water partition coefficient (Wildman–Crippen LogP) is 4.09. The number of rotatable bonds is 6. The lowest BCUT2D eigenvalue weighted by Gasteiger charge is -2.35. The zero-order valence-electron chi connectivity index (χ0n) is 14.8. The van der Waals surface area contributed by atoms with Crippen molar-refractivity contribution in [3.05, 3.63) is 53.6 Å². The van der Waals surface area contributed by atoms with Crippen molar-refractivity contribution in [1.82, 2.24) is 5.32 Å². The first-order valence-electron chi connectivity index (χ1n) is 8.66. The zero-order chi connectivity index (χ0) is 18.4. The Labute approximate surface area is 158 Å². The van der Waals surface area contributed by atoms with Crippen molar-refractivity contribution in [1.29, 1.82) is 0 Å². The summed E-state index contributed by atoms with van der Waals surface area (Å²) in [5, 5.41) is 6.85. The number of carbonyl (C=O) groups excluding carboxylic acids is 1. The summed E-state index contributed by atoms with van der Waals surface area (Å²) in [6, 6.07) is 14.6. The maximum Gasteiger partial charge on any atom is 0.233 e. The van der Waals surface area contributed by atoms with Gasteiger partial charge in [0.1, 0.15) is 11.5 Å². The van der Waals surface area contributed by atoms with Crippen LogP contribution in [0.3, 0.4) is 0 Å². The Bertz CT molecular complexity index is 737. The van der Waals surface area contributed by atoms with E-state index in [0.29, 0.717) is 23.1 Å². The van der Waals surface area contributed by atoms with Crippen molar-refractivity contribution >= 4 is 23.2 Å². The van der Waals surface area contributed by atoms with Gasteiger partial charge in [-0.05, 0) is 62.3 Å². The average Bonchev–Trinajstić information content (AvgIpc) is 2.66. The van der Waals surface area contributed by atoms with Gasteiger partial charge in [0.05, 0.1) is 17.0 Å². The lowest BCUT2D eigenvalue weighted by Crippen LogP contribution is -2.47. The molecule has 6 heteroatoms. The first kappa shape index (κ1) is 18.7. The van der Waals surface area contributed by atoms with Crippen LogP contribution in [0.5, 0.6) is 11.5 Å². The van der Waals surface area contributed by atoms with E-state index < -0.39 is 5.41 Å². The number of amides is 1. The smallest absolute Gasteiger partial charge is 0.233 e. The molecule has 1 aliphatic heterocycles. The standard InChI is InChI=1S/C20H23ClN2O3/c1-25-14-20(10-12-22-13-11-20)19(24)23-15-6-8-16(9-7-15)26-18-5-3-2-4-17(18)21/h2-9,22H,10-14H2,1H3,(H,23,24). The summed E-state index contributed by atoms with van der Waals surface area (Å²) in [6.45, 7) is 2.07. The van der Waals surface area contributed by atoms with E-state index in [1.54, 1.807) is 13.2 Å². The molecule has 0 atom stereocenters. The number of hydrogen-bond acceptors (Lipinski definition) is 4. The Morgan fingerprint density at radius 3 is 2.50 bits per heavy atom. The van der Waals surface area contributed by atoms with E-state index >= 15 is 0 Å². The highest BCUT2D eigenvalue weighted by molar-refractivity contribution is 6.32. The maximum absolute atomic E-state index is 12.8. The molecule has 5 nitrogen and oxygen atoms in total. The van der Waals surface area contributed by atoms with E-state index in [1.165, 1.54) is 0 Å². The molecule has 2 N–H and O–H groups in total. The van der Waals surface area contributed by atoms with Crippen LogP contribution >= 0.6 is 11.6 Å². The highest BCUT2D eigenvalue weighted by atomic mass is 35.5. The highest BCUT2D eigenvalue weighted by Crippen LogP contribution is 2.32. The Morgan fingerprint density at radius 1 is 1.15 bits per heavy atom. The second-order valence-corrected chi connectivity index (χ2v) is 6.88. The van der Waals surface area contributed by atoms with E-state index in [2.05, 4.69) is 10.6 Å². The Kier molecular flexibility index (Phi) is 6.14. The number of methoxy groups -OCH3 is 1. The van der Waals surface area contributed by atoms with Gasteiger partial charge in [-0.15, -0.1) is 0 Å². The summed E-state index contributed by atoms with van der Waals surface area (Å²) in [4.78, 5) is 12.8. The molecule has 1 amide bonds. The fraction of sp³-hybridized carbons (Fsp3) is 0.350. The number of carbonyl (C=O) groups is 1. The van der Waals surface area contributed by atoms with Crippen LogP contribution in [-0.4, -0.2) is 32.7 Å². The van der Waals surface area contributed by atoms with E-state index in [0.717, 1.165) is 31.6 Å². The molecule has 0 spiro atoms. The SMILES string of the molecule is COCC1(C(=O)Nc2ccc(Oc3ccccc3Cl)cc2)CCNCC1. The van der Waals surface area contributed by atoms with Crippen LogP contribution in [0.4, 0.5) is 5.69 Å². The third-order valence-corrected chi connectivity index (χ3v) is 4.95. The number of nitrogens with one attached hydrogen (secondary N) is 2. The molecule has 1 heterocycles. The Balaban J connectivity index is 1.66. The fourth-order valence-corrected chi connectivity index (χ4v) is 3.32. The summed E-state index contributed by atoms with van der Waals surface area (Å²) < 4.78 is 11.1. The number of hydrogen-bond donors (Lipinski definition) is 2. The summed E-state index contributed by atoms with van der Waals surface area (Å²) in [5.41, 5.74) is 0.253. The van der Waals surface area contributed by atoms with Gasteiger partial charge in [-0.1, -0.05) is 23.7 Å². The van der Waals surface area contributed by atoms with Gasteiger partial charge < -0.3 is 20.1 Å². The van der Waals surface area contributed by atoms with Gasteiger partial charge in [0.2, 0.25) is 5.91 Å². The van der Waals surface area contributed by atoms with E-state index in [-0.39, 0.29) is 5.91 Å². The molecular formula is C20H23ClN2O3. The monoisotopic (exact) mass is 374 g/mol. The largest absolute Gasteiger partial charge is 0.456 e. The van der Waals surface area contributed by atoms with Gasteiger partial charge >= 0.3 is 0 Å². The molecule has 2 aromatic carbocycles. The van der Waals surface area contributed by atoms with Gasteiger partial charge in [0, 0.05) is 12.8 Å². The van der Waals surface area contributed by atoms with Crippen molar-refractivity contribution in [2.45, 2.75) is 12.8 Å². The number of anilines is 1. The van der Waals surface area contributed by atoms with Crippen molar-refractivity contribution in [3.63, 3.8) is 0 Å². The molecule has 1 fully saturated rings. The average molecular weight is 375 g/mol. The number of piperidine rings is 1. The van der Waals surface area contributed by atoms with Crippen molar-refractivity contribution in [2.24, 2.45) is 5.41 Å². The lowest BCUT2D eigenvalue weighted by atomic mass is 9.78. The van der Waals surface area contributed by atoms with Crippen LogP contribution in [0, 0.1) is 5.41 Å². The van der Waals surface area contributed by atoms with Gasteiger partial charge in [-0.3, -0.25) is 4.79 Å². The maximum atomic E-state index is 12.8. The topological polar surface area (TPSA) is 59.6 Å². The van der Waals surface area contributed by atoms with E-state index in [4.69, 9.17) is 21.1 Å². The van der Waals surface area contributed by atoms with Crippen LogP contribution in [0.15, 0.2) is 48.5 Å². The lowest BCUT2D eigenvalue weighted by molar-refractivity contribution is -0.130. The Morgan fingerprint density at radius 2 is 1.85 bits per heavy atom. The molecule has 0 radical (unpaired) electrons. The zero-order valence-corrected chi connectivity index (χ0v) is 15.5. The van der Waals surface area contributed by atoms with Crippen molar-refractivity contribution < 1.29 is 14.3 Å². The number of para-hydroxylation sites is 1. The minimum Gasteiger partial charge on any atom is -0.456 e. The highest BCUT2D eigenvalue weighted by Gasteiger charge is 2.39. The molecule has 1 saturated heterocycles. The second-order valence-electron chi connectivity index (χ2n) is 6.47. The normalized spacial score (nSPS) is 16.1. The number of halogens is 1. The molecule has 0 aromatic heterocycles. The molecule has 1 aliphatic rings. The van der Waals surface area contributed by atoms with Gasteiger partial charge in [-0.2, -0.15) is 0 Å². The molecule has 0 unspecified atom stereocenters. The fourth-order valence-electron chi connectivity index (χ4n) is 3.14. The number of ether oxygens (including phenoxy) is 2. The predicted molar refractivity (Wildman–Crippen MR) is 103 cm³/mol. The summed E-state index contributed by atoms with van der Waals surface area (Å²) in [7, 11) is 1.64. The van der Waals surface area contributed by atoms with Crippen LogP contribution in [-0.2, 0) is 9.53 Å². The first-order valence-corrected chi connectivity index (χ1v) is 9.04. The van der Waals surface area contributed by atoms with Gasteiger partial charge in [0.25, 0.3) is 0 Å². The molecule has 26 heavy (non-hydrogen) atoms. The molecule has 2 aromatic rings. The molecule has 138 valence electrons. The van der Waals surface area contributed by atoms with Crippen molar-refractivity contribution in [2.75, 3.05) is 32.1 Å². The quantitative estimate of drug-likeness (QED) is 0.799. The third-order valence-electron chi connectivity index (χ3n) is 4.64. The molecular weight excluding hydrogens is 352 g/mol. The summed E-state index contributed by atoms with van der Waals surface area (Å²) >= 11 is 6.11. The minimum atomic E-state index is -0.479.